The van der Waals surface area contributed by atoms with E-state index in [-0.39, 0.29) is 31.1 Å². The van der Waals surface area contributed by atoms with E-state index in [1.54, 1.807) is 0 Å². The summed E-state index contributed by atoms with van der Waals surface area (Å²) < 4.78 is 5.05. The van der Waals surface area contributed by atoms with E-state index in [0.717, 1.165) is 22.4 Å². The first-order valence-electron chi connectivity index (χ1n) is 9.63. The molecule has 1 amide bonds. The van der Waals surface area contributed by atoms with Gasteiger partial charge >= 0.3 is 5.97 Å². The molecule has 1 aliphatic rings. The van der Waals surface area contributed by atoms with Crippen molar-refractivity contribution in [1.82, 2.24) is 5.01 Å². The zero-order valence-electron chi connectivity index (χ0n) is 16.7. The molecule has 0 spiro atoms. The lowest BCUT2D eigenvalue weighted by Gasteiger charge is -2.11. The van der Waals surface area contributed by atoms with E-state index >= 15 is 0 Å². The van der Waals surface area contributed by atoms with Gasteiger partial charge in [-0.15, -0.1) is 0 Å². The molecule has 0 atom stereocenters. The van der Waals surface area contributed by atoms with Gasteiger partial charge in [-0.2, -0.15) is 5.10 Å². The second-order valence-corrected chi connectivity index (χ2v) is 7.08. The van der Waals surface area contributed by atoms with Crippen LogP contribution in [-0.2, 0) is 14.3 Å². The largest absolute Gasteiger partial charge is 0.455 e. The van der Waals surface area contributed by atoms with E-state index in [0.29, 0.717) is 18.5 Å². The number of ketones is 1. The van der Waals surface area contributed by atoms with Crippen LogP contribution in [0.3, 0.4) is 0 Å². The maximum absolute atomic E-state index is 12.3. The van der Waals surface area contributed by atoms with Crippen molar-refractivity contribution >= 4 is 23.4 Å². The summed E-state index contributed by atoms with van der Waals surface area (Å²) in [7, 11) is 0. The molecule has 0 N–H and O–H groups in total. The number of aryl methyl sites for hydroxylation is 2. The van der Waals surface area contributed by atoms with Crippen LogP contribution in [0.4, 0.5) is 0 Å². The molecule has 2 aromatic rings. The molecule has 6 heteroatoms. The quantitative estimate of drug-likeness (QED) is 0.534. The van der Waals surface area contributed by atoms with Gasteiger partial charge < -0.3 is 4.74 Å². The van der Waals surface area contributed by atoms with Gasteiger partial charge in [0.25, 0.3) is 5.91 Å². The van der Waals surface area contributed by atoms with Crippen LogP contribution in [0, 0.1) is 13.8 Å². The standard InChI is InChI=1S/C23H24N2O4/c1-16-8-9-17(2)19(14-16)21(26)10-11-23(28)29-15-22(27)25-13-12-20(24-25)18-6-4-3-5-7-18/h3-9,14H,10-13,15H2,1-2H3. The molecule has 0 saturated carbocycles. The zero-order valence-corrected chi connectivity index (χ0v) is 16.7. The van der Waals surface area contributed by atoms with Crippen molar-refractivity contribution in [1.29, 1.82) is 0 Å². The second-order valence-electron chi connectivity index (χ2n) is 7.08. The molecule has 150 valence electrons. The third-order valence-electron chi connectivity index (χ3n) is 4.80. The van der Waals surface area contributed by atoms with Crippen LogP contribution in [0.2, 0.25) is 0 Å². The van der Waals surface area contributed by atoms with E-state index < -0.39 is 5.97 Å². The summed E-state index contributed by atoms with van der Waals surface area (Å²) in [6.45, 7) is 3.87. The molecule has 0 radical (unpaired) electrons. The molecule has 1 aliphatic heterocycles. The molecule has 29 heavy (non-hydrogen) atoms. The molecule has 2 aromatic carbocycles. The molecule has 6 nitrogen and oxygen atoms in total. The van der Waals surface area contributed by atoms with Crippen molar-refractivity contribution in [2.45, 2.75) is 33.1 Å². The van der Waals surface area contributed by atoms with Crippen molar-refractivity contribution in [3.05, 3.63) is 70.8 Å². The Hall–Kier alpha value is -3.28. The Labute approximate surface area is 170 Å². The number of carbonyl (C=O) groups is 3. The molecule has 0 bridgehead atoms. The first-order chi connectivity index (χ1) is 13.9. The second kappa shape index (κ2) is 9.28. The number of rotatable bonds is 7. The van der Waals surface area contributed by atoms with Gasteiger partial charge in [-0.05, 0) is 31.0 Å². The van der Waals surface area contributed by atoms with Crippen LogP contribution >= 0.6 is 0 Å². The van der Waals surface area contributed by atoms with Crippen molar-refractivity contribution in [2.24, 2.45) is 5.10 Å². The predicted molar refractivity (Wildman–Crippen MR) is 110 cm³/mol. The molecule has 0 aromatic heterocycles. The topological polar surface area (TPSA) is 76.0 Å². The lowest BCUT2D eigenvalue weighted by Crippen LogP contribution is -2.28. The van der Waals surface area contributed by atoms with E-state index in [1.807, 2.05) is 62.4 Å². The van der Waals surface area contributed by atoms with E-state index in [9.17, 15) is 14.4 Å². The molecule has 0 saturated heterocycles. The highest BCUT2D eigenvalue weighted by atomic mass is 16.5. The summed E-state index contributed by atoms with van der Waals surface area (Å²) in [6.07, 6.45) is 0.656. The Morgan fingerprint density at radius 2 is 1.79 bits per heavy atom. The fraction of sp³-hybridized carbons (Fsp3) is 0.304. The first-order valence-corrected chi connectivity index (χ1v) is 9.63. The van der Waals surface area contributed by atoms with Crippen molar-refractivity contribution < 1.29 is 19.1 Å². The summed E-state index contributed by atoms with van der Waals surface area (Å²) in [6, 6.07) is 15.3. The van der Waals surface area contributed by atoms with Gasteiger partial charge in [0.05, 0.1) is 18.7 Å². The maximum atomic E-state index is 12.3. The van der Waals surface area contributed by atoms with Gasteiger partial charge in [-0.3, -0.25) is 14.4 Å². The Bertz CT molecular complexity index is 951. The number of hydrogen-bond donors (Lipinski definition) is 0. The van der Waals surface area contributed by atoms with E-state index in [4.69, 9.17) is 4.74 Å². The third kappa shape index (κ3) is 5.38. The summed E-state index contributed by atoms with van der Waals surface area (Å²) in [5, 5.41) is 5.65. The minimum absolute atomic E-state index is 0.0529. The van der Waals surface area contributed by atoms with Gasteiger partial charge in [0.1, 0.15) is 0 Å². The van der Waals surface area contributed by atoms with Gasteiger partial charge in [0, 0.05) is 18.4 Å². The fourth-order valence-corrected chi connectivity index (χ4v) is 3.15. The number of hydrazone groups is 1. The summed E-state index contributed by atoms with van der Waals surface area (Å²) in [4.78, 5) is 36.5. The Balaban J connectivity index is 1.46. The highest BCUT2D eigenvalue weighted by Gasteiger charge is 2.22. The number of esters is 1. The van der Waals surface area contributed by atoms with Gasteiger partial charge in [0.2, 0.25) is 0 Å². The van der Waals surface area contributed by atoms with Crippen LogP contribution in [0.1, 0.15) is 46.3 Å². The highest BCUT2D eigenvalue weighted by molar-refractivity contribution is 6.02. The third-order valence-corrected chi connectivity index (χ3v) is 4.80. The Morgan fingerprint density at radius 3 is 2.55 bits per heavy atom. The van der Waals surface area contributed by atoms with Crippen molar-refractivity contribution in [3.8, 4) is 0 Å². The van der Waals surface area contributed by atoms with Crippen LogP contribution in [0.15, 0.2) is 53.6 Å². The minimum Gasteiger partial charge on any atom is -0.455 e. The van der Waals surface area contributed by atoms with E-state index in [1.165, 1.54) is 5.01 Å². The number of hydrogen-bond acceptors (Lipinski definition) is 5. The lowest BCUT2D eigenvalue weighted by molar-refractivity contribution is -0.151. The molecule has 3 rings (SSSR count). The first kappa shape index (κ1) is 20.5. The van der Waals surface area contributed by atoms with Crippen molar-refractivity contribution in [3.63, 3.8) is 0 Å². The molecule has 1 heterocycles. The highest BCUT2D eigenvalue weighted by Crippen LogP contribution is 2.15. The number of carbonyl (C=O) groups excluding carboxylic acids is 3. The smallest absolute Gasteiger partial charge is 0.306 e. The van der Waals surface area contributed by atoms with Crippen LogP contribution in [-0.4, -0.2) is 41.5 Å². The zero-order chi connectivity index (χ0) is 20.8. The molecular weight excluding hydrogens is 368 g/mol. The summed E-state index contributed by atoms with van der Waals surface area (Å²) in [5.74, 6) is -1.04. The van der Waals surface area contributed by atoms with Crippen molar-refractivity contribution in [2.75, 3.05) is 13.2 Å². The fourth-order valence-electron chi connectivity index (χ4n) is 3.15. The van der Waals surface area contributed by atoms with Gasteiger partial charge in [-0.1, -0.05) is 48.0 Å². The molecule has 0 unspecified atom stereocenters. The molecule has 0 fully saturated rings. The lowest BCUT2D eigenvalue weighted by atomic mass is 9.99. The Morgan fingerprint density at radius 1 is 1.03 bits per heavy atom. The average molecular weight is 392 g/mol. The monoisotopic (exact) mass is 392 g/mol. The number of amides is 1. The molecular formula is C23H24N2O4. The maximum Gasteiger partial charge on any atom is 0.306 e. The normalized spacial score (nSPS) is 13.2. The number of benzene rings is 2. The Kier molecular flexibility index (Phi) is 6.54. The molecule has 0 aliphatic carbocycles. The van der Waals surface area contributed by atoms with E-state index in [2.05, 4.69) is 5.10 Å². The number of nitrogens with zero attached hydrogens (tertiary/aromatic N) is 2. The minimum atomic E-state index is -0.566. The van der Waals surface area contributed by atoms with Crippen LogP contribution < -0.4 is 0 Å². The van der Waals surface area contributed by atoms with Gasteiger partial charge in [0.15, 0.2) is 12.4 Å². The number of ether oxygens (including phenoxy) is 1. The SMILES string of the molecule is Cc1ccc(C)c(C(=O)CCC(=O)OCC(=O)N2CCC(c3ccccc3)=N2)c1. The average Bonchev–Trinajstić information content (AvgIpc) is 3.23. The summed E-state index contributed by atoms with van der Waals surface area (Å²) in [5.41, 5.74) is 4.31. The van der Waals surface area contributed by atoms with Crippen LogP contribution in [0.5, 0.6) is 0 Å². The van der Waals surface area contributed by atoms with Gasteiger partial charge in [-0.25, -0.2) is 5.01 Å². The van der Waals surface area contributed by atoms with Crippen LogP contribution in [0.25, 0.3) is 0 Å². The summed E-state index contributed by atoms with van der Waals surface area (Å²) >= 11 is 0. The number of Topliss-reactive ketones (excluding diaryl/α,β-unsaturated/α-hetero) is 1. The predicted octanol–water partition coefficient (Wildman–Crippen LogP) is 3.45.